The molecule has 0 fully saturated rings. The van der Waals surface area contributed by atoms with Crippen molar-refractivity contribution < 1.29 is 22.8 Å². The molecule has 1 heterocycles. The average Bonchev–Trinajstić information content (AvgIpc) is 2.78. The van der Waals surface area contributed by atoms with Gasteiger partial charge in [-0.3, -0.25) is 9.59 Å². The number of nitrogens with two attached hydrogens (primary N) is 1. The van der Waals surface area contributed by atoms with Crippen LogP contribution in [0.1, 0.15) is 31.8 Å². The number of hydrogen-bond donors (Lipinski definition) is 2. The fourth-order valence-corrected chi connectivity index (χ4v) is 3.20. The van der Waals surface area contributed by atoms with Crippen molar-refractivity contribution in [3.8, 4) is 0 Å². The number of anilines is 1. The Morgan fingerprint density at radius 3 is 2.52 bits per heavy atom. The van der Waals surface area contributed by atoms with Gasteiger partial charge in [-0.1, -0.05) is 17.7 Å². The third kappa shape index (κ3) is 3.48. The van der Waals surface area contributed by atoms with Gasteiger partial charge in [0, 0.05) is 0 Å². The van der Waals surface area contributed by atoms with Gasteiger partial charge in [-0.15, -0.1) is 11.3 Å². The van der Waals surface area contributed by atoms with Gasteiger partial charge in [-0.05, 0) is 30.0 Å². The van der Waals surface area contributed by atoms with Crippen LogP contribution in [0.4, 0.5) is 18.2 Å². The van der Waals surface area contributed by atoms with Crippen LogP contribution in [-0.2, 0) is 6.18 Å². The molecule has 0 spiro atoms. The third-order valence-corrected chi connectivity index (χ3v) is 4.42. The maximum Gasteiger partial charge on any atom is 0.417 e. The molecular formula is C14H10ClF3N2O2S. The second-order valence-electron chi connectivity index (χ2n) is 4.61. The summed E-state index contributed by atoms with van der Waals surface area (Å²) in [6, 6.07) is 3.03. The summed E-state index contributed by atoms with van der Waals surface area (Å²) in [6.45, 7) is 1.63. The van der Waals surface area contributed by atoms with Crippen molar-refractivity contribution in [2.24, 2.45) is 5.73 Å². The van der Waals surface area contributed by atoms with Crippen molar-refractivity contribution in [2.45, 2.75) is 13.1 Å². The Morgan fingerprint density at radius 2 is 1.96 bits per heavy atom. The number of hydrogen-bond acceptors (Lipinski definition) is 3. The Labute approximate surface area is 138 Å². The molecule has 2 rings (SSSR count). The van der Waals surface area contributed by atoms with E-state index in [0.29, 0.717) is 5.56 Å². The summed E-state index contributed by atoms with van der Waals surface area (Å²) in [5.74, 6) is -1.60. The van der Waals surface area contributed by atoms with Crippen molar-refractivity contribution in [1.82, 2.24) is 0 Å². The minimum Gasteiger partial charge on any atom is -0.365 e. The largest absolute Gasteiger partial charge is 0.417 e. The Morgan fingerprint density at radius 1 is 1.30 bits per heavy atom. The Kier molecular flexibility index (Phi) is 4.67. The Bertz CT molecular complexity index is 787. The van der Waals surface area contributed by atoms with Crippen molar-refractivity contribution in [3.63, 3.8) is 0 Å². The summed E-state index contributed by atoms with van der Waals surface area (Å²) in [7, 11) is 0. The van der Waals surface area contributed by atoms with E-state index in [9.17, 15) is 22.8 Å². The van der Waals surface area contributed by atoms with E-state index >= 15 is 0 Å². The number of alkyl halides is 3. The number of carbonyl (C=O) groups is 2. The van der Waals surface area contributed by atoms with Gasteiger partial charge >= 0.3 is 6.18 Å². The van der Waals surface area contributed by atoms with Gasteiger partial charge in [0.05, 0.1) is 21.7 Å². The molecule has 0 bridgehead atoms. The van der Waals surface area contributed by atoms with Crippen LogP contribution in [0.2, 0.25) is 5.02 Å². The lowest BCUT2D eigenvalue weighted by Crippen LogP contribution is -2.18. The zero-order valence-electron chi connectivity index (χ0n) is 11.6. The Balaban J connectivity index is 2.38. The number of carbonyl (C=O) groups excluding carboxylic acids is 2. The van der Waals surface area contributed by atoms with Gasteiger partial charge in [0.15, 0.2) is 0 Å². The first kappa shape index (κ1) is 17.3. The highest BCUT2D eigenvalue weighted by atomic mass is 35.5. The topological polar surface area (TPSA) is 72.2 Å². The molecule has 0 aliphatic carbocycles. The zero-order valence-corrected chi connectivity index (χ0v) is 13.2. The first-order chi connectivity index (χ1) is 10.6. The molecule has 2 amide bonds. The molecule has 3 N–H and O–H groups in total. The minimum atomic E-state index is -4.68. The SMILES string of the molecule is Cc1csc(NC(=O)c2cccc(C(F)(F)F)c2Cl)c1C(N)=O. The predicted molar refractivity (Wildman–Crippen MR) is 82.0 cm³/mol. The number of rotatable bonds is 3. The first-order valence-electron chi connectivity index (χ1n) is 6.18. The maximum atomic E-state index is 12.8. The van der Waals surface area contributed by atoms with Crippen LogP contribution in [0.15, 0.2) is 23.6 Å². The van der Waals surface area contributed by atoms with Crippen LogP contribution in [0.3, 0.4) is 0 Å². The summed E-state index contributed by atoms with van der Waals surface area (Å²) in [5, 5.41) is 3.43. The highest BCUT2D eigenvalue weighted by molar-refractivity contribution is 7.15. The number of nitrogens with one attached hydrogen (secondary N) is 1. The number of benzene rings is 1. The molecule has 0 saturated heterocycles. The monoisotopic (exact) mass is 362 g/mol. The molecule has 122 valence electrons. The lowest BCUT2D eigenvalue weighted by atomic mass is 10.1. The molecule has 2 aromatic rings. The molecule has 1 aromatic heterocycles. The van der Waals surface area contributed by atoms with Crippen molar-refractivity contribution >= 4 is 39.8 Å². The molecular weight excluding hydrogens is 353 g/mol. The number of amides is 2. The van der Waals surface area contributed by atoms with Crippen molar-refractivity contribution in [2.75, 3.05) is 5.32 Å². The fourth-order valence-electron chi connectivity index (χ4n) is 1.94. The predicted octanol–water partition coefficient (Wildman–Crippen LogP) is 4.08. The Hall–Kier alpha value is -2.06. The number of primary amides is 1. The zero-order chi connectivity index (χ0) is 17.4. The summed E-state index contributed by atoms with van der Waals surface area (Å²) < 4.78 is 38.5. The smallest absolute Gasteiger partial charge is 0.365 e. The fraction of sp³-hybridized carbons (Fsp3) is 0.143. The van der Waals surface area contributed by atoms with Gasteiger partial charge in [0.2, 0.25) is 0 Å². The molecule has 23 heavy (non-hydrogen) atoms. The summed E-state index contributed by atoms with van der Waals surface area (Å²) in [6.07, 6.45) is -4.68. The van der Waals surface area contributed by atoms with Gasteiger partial charge in [-0.2, -0.15) is 13.2 Å². The molecule has 0 unspecified atom stereocenters. The maximum absolute atomic E-state index is 12.8. The summed E-state index contributed by atoms with van der Waals surface area (Å²) in [4.78, 5) is 23.6. The van der Waals surface area contributed by atoms with E-state index in [1.54, 1.807) is 12.3 Å². The lowest BCUT2D eigenvalue weighted by Gasteiger charge is -2.12. The number of halogens is 4. The van der Waals surface area contributed by atoms with Crippen LogP contribution in [-0.4, -0.2) is 11.8 Å². The molecule has 0 aliphatic heterocycles. The van der Waals surface area contributed by atoms with Crippen molar-refractivity contribution in [3.05, 3.63) is 50.9 Å². The summed E-state index contributed by atoms with van der Waals surface area (Å²) >= 11 is 6.74. The van der Waals surface area contributed by atoms with Gasteiger partial charge in [-0.25, -0.2) is 0 Å². The first-order valence-corrected chi connectivity index (χ1v) is 7.43. The number of aryl methyl sites for hydroxylation is 1. The molecule has 9 heteroatoms. The second kappa shape index (κ2) is 6.21. The van der Waals surface area contributed by atoms with E-state index in [0.717, 1.165) is 29.5 Å². The lowest BCUT2D eigenvalue weighted by molar-refractivity contribution is -0.137. The highest BCUT2D eigenvalue weighted by Gasteiger charge is 2.34. The third-order valence-electron chi connectivity index (χ3n) is 3.00. The molecule has 4 nitrogen and oxygen atoms in total. The van der Waals surface area contributed by atoms with Gasteiger partial charge in [0.25, 0.3) is 11.8 Å². The quantitative estimate of drug-likeness (QED) is 0.863. The molecule has 0 aliphatic rings. The summed E-state index contributed by atoms with van der Waals surface area (Å²) in [5.41, 5.74) is 4.46. The van der Waals surface area contributed by atoms with E-state index in [1.807, 2.05) is 0 Å². The highest BCUT2D eigenvalue weighted by Crippen LogP contribution is 2.36. The minimum absolute atomic E-state index is 0.117. The molecule has 0 radical (unpaired) electrons. The van der Waals surface area contributed by atoms with E-state index in [2.05, 4.69) is 5.32 Å². The van der Waals surface area contributed by atoms with E-state index < -0.39 is 28.6 Å². The molecule has 0 saturated carbocycles. The van der Waals surface area contributed by atoms with Crippen LogP contribution in [0, 0.1) is 6.92 Å². The van der Waals surface area contributed by atoms with Gasteiger partial charge < -0.3 is 11.1 Å². The van der Waals surface area contributed by atoms with Gasteiger partial charge in [0.1, 0.15) is 5.00 Å². The molecule has 1 aromatic carbocycles. The van der Waals surface area contributed by atoms with Crippen molar-refractivity contribution in [1.29, 1.82) is 0 Å². The van der Waals surface area contributed by atoms with Crippen LogP contribution in [0.25, 0.3) is 0 Å². The molecule has 0 atom stereocenters. The average molecular weight is 363 g/mol. The van der Waals surface area contributed by atoms with E-state index in [1.165, 1.54) is 0 Å². The number of thiophene rings is 1. The van der Waals surface area contributed by atoms with E-state index in [-0.39, 0.29) is 16.1 Å². The normalized spacial score (nSPS) is 11.3. The van der Waals surface area contributed by atoms with E-state index in [4.69, 9.17) is 17.3 Å². The van der Waals surface area contributed by atoms with Crippen LogP contribution < -0.4 is 11.1 Å². The van der Waals surface area contributed by atoms with Crippen LogP contribution >= 0.6 is 22.9 Å². The second-order valence-corrected chi connectivity index (χ2v) is 5.86. The van der Waals surface area contributed by atoms with Crippen LogP contribution in [0.5, 0.6) is 0 Å². The standard InChI is InChI=1S/C14H10ClF3N2O2S/c1-6-5-23-13(9(6)11(19)21)20-12(22)7-3-2-4-8(10(7)15)14(16,17)18/h2-5H,1H3,(H2,19,21)(H,20,22).